The minimum absolute atomic E-state index is 0.0388. The van der Waals surface area contributed by atoms with Crippen molar-refractivity contribution in [3.8, 4) is 0 Å². The average Bonchev–Trinajstić information content (AvgIpc) is 2.29. The second-order valence-electron chi connectivity index (χ2n) is 7.77. The second-order valence-corrected chi connectivity index (χ2v) is 12.5. The first kappa shape index (κ1) is 18.2. The van der Waals surface area contributed by atoms with Crippen LogP contribution in [0.1, 0.15) is 47.5 Å². The fourth-order valence-corrected chi connectivity index (χ4v) is 3.46. The van der Waals surface area contributed by atoms with E-state index < -0.39 is 14.4 Å². The number of carbonyl (C=O) groups is 2. The third-order valence-corrected chi connectivity index (χ3v) is 9.26. The zero-order chi connectivity index (χ0) is 16.4. The van der Waals surface area contributed by atoms with Gasteiger partial charge in [-0.1, -0.05) is 27.7 Å². The molecular formula is C15H30N2O3Si. The van der Waals surface area contributed by atoms with Gasteiger partial charge in [-0.05, 0) is 43.8 Å². The van der Waals surface area contributed by atoms with Crippen LogP contribution < -0.4 is 10.9 Å². The maximum Gasteiger partial charge on any atom is 0.265 e. The molecule has 1 atom stereocenters. The maximum absolute atomic E-state index is 12.0. The van der Waals surface area contributed by atoms with Crippen molar-refractivity contribution in [3.05, 3.63) is 0 Å². The van der Waals surface area contributed by atoms with Crippen LogP contribution in [0.3, 0.4) is 0 Å². The predicted molar refractivity (Wildman–Crippen MR) is 85.9 cm³/mol. The number of hydrogen-bond acceptors (Lipinski definition) is 3. The molecule has 0 unspecified atom stereocenters. The quantitative estimate of drug-likeness (QED) is 0.619. The maximum atomic E-state index is 12.0. The van der Waals surface area contributed by atoms with Gasteiger partial charge in [-0.15, -0.1) is 0 Å². The first-order valence-corrected chi connectivity index (χ1v) is 10.6. The summed E-state index contributed by atoms with van der Waals surface area (Å²) in [5.41, 5.74) is 4.99. The minimum Gasteiger partial charge on any atom is -0.405 e. The summed E-state index contributed by atoms with van der Waals surface area (Å²) in [6.45, 7) is 14.4. The fraction of sp³-hybridized carbons (Fsp3) is 0.867. The van der Waals surface area contributed by atoms with Gasteiger partial charge in [-0.2, -0.15) is 0 Å². The molecular weight excluding hydrogens is 284 g/mol. The average molecular weight is 315 g/mol. The van der Waals surface area contributed by atoms with E-state index >= 15 is 0 Å². The summed E-state index contributed by atoms with van der Waals surface area (Å²) in [4.78, 5) is 23.8. The Morgan fingerprint density at radius 2 is 1.71 bits per heavy atom. The molecule has 0 aromatic carbocycles. The van der Waals surface area contributed by atoms with Crippen molar-refractivity contribution in [2.75, 3.05) is 0 Å². The van der Waals surface area contributed by atoms with Crippen molar-refractivity contribution in [3.63, 3.8) is 0 Å². The van der Waals surface area contributed by atoms with Crippen LogP contribution in [-0.2, 0) is 14.0 Å². The lowest BCUT2D eigenvalue weighted by atomic mass is 9.76. The molecule has 0 aliphatic heterocycles. The zero-order valence-corrected chi connectivity index (χ0v) is 15.4. The van der Waals surface area contributed by atoms with Crippen molar-refractivity contribution in [2.45, 2.75) is 71.7 Å². The summed E-state index contributed by atoms with van der Waals surface area (Å²) >= 11 is 0. The molecule has 1 rings (SSSR count). The summed E-state index contributed by atoms with van der Waals surface area (Å²) in [5, 5.41) is 0.0485. The van der Waals surface area contributed by atoms with Crippen molar-refractivity contribution in [1.29, 1.82) is 0 Å². The summed E-state index contributed by atoms with van der Waals surface area (Å²) in [6, 6.07) is 0. The third-order valence-electron chi connectivity index (χ3n) is 4.70. The Balaban J connectivity index is 2.39. The molecule has 1 aliphatic carbocycles. The van der Waals surface area contributed by atoms with Crippen LogP contribution in [0, 0.1) is 11.8 Å². The first-order chi connectivity index (χ1) is 9.44. The Labute approximate surface area is 129 Å². The van der Waals surface area contributed by atoms with Crippen LogP contribution in [-0.4, -0.2) is 26.2 Å². The smallest absolute Gasteiger partial charge is 0.265 e. The van der Waals surface area contributed by atoms with Gasteiger partial charge in [0.25, 0.3) is 5.91 Å². The highest BCUT2D eigenvalue weighted by Gasteiger charge is 2.39. The number of nitrogens with one attached hydrogen (secondary N) is 2. The van der Waals surface area contributed by atoms with E-state index in [0.29, 0.717) is 5.92 Å². The SMILES string of the molecule is CC1CC(C(=O)NNC(=O)[C@@H](C)O[Si](C)(C)C(C)(C)C)C1. The molecule has 0 saturated heterocycles. The van der Waals surface area contributed by atoms with Crippen molar-refractivity contribution in [2.24, 2.45) is 11.8 Å². The van der Waals surface area contributed by atoms with E-state index in [1.807, 2.05) is 0 Å². The van der Waals surface area contributed by atoms with E-state index in [4.69, 9.17) is 4.43 Å². The third kappa shape index (κ3) is 4.81. The lowest BCUT2D eigenvalue weighted by Crippen LogP contribution is -2.53. The summed E-state index contributed by atoms with van der Waals surface area (Å²) < 4.78 is 5.99. The predicted octanol–water partition coefficient (Wildman–Crippen LogP) is 2.59. The van der Waals surface area contributed by atoms with E-state index in [1.165, 1.54) is 0 Å². The van der Waals surface area contributed by atoms with Crippen LogP contribution >= 0.6 is 0 Å². The highest BCUT2D eigenvalue weighted by Crippen LogP contribution is 2.37. The van der Waals surface area contributed by atoms with Gasteiger partial charge >= 0.3 is 0 Å². The normalized spacial score (nSPS) is 24.0. The van der Waals surface area contributed by atoms with Gasteiger partial charge in [0, 0.05) is 5.92 Å². The van der Waals surface area contributed by atoms with Gasteiger partial charge in [0.2, 0.25) is 5.91 Å². The number of carbonyl (C=O) groups excluding carboxylic acids is 2. The van der Waals surface area contributed by atoms with Gasteiger partial charge < -0.3 is 4.43 Å². The van der Waals surface area contributed by atoms with Gasteiger partial charge in [0.05, 0.1) is 0 Å². The lowest BCUT2D eigenvalue weighted by molar-refractivity contribution is -0.136. The number of hydrazine groups is 1. The number of amides is 2. The minimum atomic E-state index is -1.99. The van der Waals surface area contributed by atoms with Gasteiger partial charge in [-0.3, -0.25) is 20.4 Å². The largest absolute Gasteiger partial charge is 0.405 e. The monoisotopic (exact) mass is 314 g/mol. The zero-order valence-electron chi connectivity index (χ0n) is 14.4. The molecule has 1 aliphatic rings. The standard InChI is InChI=1S/C15H30N2O3Si/c1-10-8-12(9-10)14(19)17-16-13(18)11(2)20-21(6,7)15(3,4)5/h10-12H,8-9H2,1-7H3,(H,16,18)(H,17,19)/t10?,11-,12?/m1/s1. The van der Waals surface area contributed by atoms with Crippen LogP contribution in [0.5, 0.6) is 0 Å². The molecule has 1 fully saturated rings. The molecule has 122 valence electrons. The molecule has 0 aromatic rings. The number of rotatable bonds is 4. The molecule has 2 N–H and O–H groups in total. The molecule has 6 heteroatoms. The van der Waals surface area contributed by atoms with Crippen molar-refractivity contribution in [1.82, 2.24) is 10.9 Å². The summed E-state index contributed by atoms with van der Waals surface area (Å²) in [5.74, 6) is 0.260. The highest BCUT2D eigenvalue weighted by atomic mass is 28.4. The van der Waals surface area contributed by atoms with E-state index in [9.17, 15) is 9.59 Å². The molecule has 5 nitrogen and oxygen atoms in total. The van der Waals surface area contributed by atoms with Gasteiger partial charge in [0.1, 0.15) is 6.10 Å². The van der Waals surface area contributed by atoms with Crippen LogP contribution in [0.25, 0.3) is 0 Å². The summed E-state index contributed by atoms with van der Waals surface area (Å²) in [6.07, 6.45) is 1.24. The molecule has 21 heavy (non-hydrogen) atoms. The van der Waals surface area contributed by atoms with E-state index in [1.54, 1.807) is 6.92 Å². The lowest BCUT2D eigenvalue weighted by Gasteiger charge is -2.38. The van der Waals surface area contributed by atoms with Gasteiger partial charge in [0.15, 0.2) is 8.32 Å². The van der Waals surface area contributed by atoms with Crippen LogP contribution in [0.4, 0.5) is 0 Å². The van der Waals surface area contributed by atoms with E-state index in [-0.39, 0.29) is 22.8 Å². The second kappa shape index (κ2) is 6.48. The Bertz CT molecular complexity index is 398. The molecule has 0 aromatic heterocycles. The highest BCUT2D eigenvalue weighted by molar-refractivity contribution is 6.74. The summed E-state index contributed by atoms with van der Waals surface area (Å²) in [7, 11) is -1.99. The Morgan fingerprint density at radius 1 is 1.19 bits per heavy atom. The van der Waals surface area contributed by atoms with Gasteiger partial charge in [-0.25, -0.2) is 0 Å². The molecule has 2 amide bonds. The fourth-order valence-electron chi connectivity index (χ4n) is 2.12. The van der Waals surface area contributed by atoms with E-state index in [2.05, 4.69) is 51.6 Å². The first-order valence-electron chi connectivity index (χ1n) is 7.71. The van der Waals surface area contributed by atoms with Crippen molar-refractivity contribution >= 4 is 20.1 Å². The van der Waals surface area contributed by atoms with E-state index in [0.717, 1.165) is 12.8 Å². The molecule has 0 bridgehead atoms. The van der Waals surface area contributed by atoms with Crippen LogP contribution in [0.15, 0.2) is 0 Å². The molecule has 1 saturated carbocycles. The Hall–Kier alpha value is -0.883. The molecule has 0 radical (unpaired) electrons. The van der Waals surface area contributed by atoms with Crippen molar-refractivity contribution < 1.29 is 14.0 Å². The Kier molecular flexibility index (Phi) is 5.61. The topological polar surface area (TPSA) is 67.4 Å². The molecule has 0 heterocycles. The molecule has 0 spiro atoms. The van der Waals surface area contributed by atoms with Crippen LogP contribution in [0.2, 0.25) is 18.1 Å². The Morgan fingerprint density at radius 3 is 2.14 bits per heavy atom. The number of hydrogen-bond donors (Lipinski definition) is 2.